The summed E-state index contributed by atoms with van der Waals surface area (Å²) in [4.78, 5) is 2.10. The smallest absolute Gasteiger partial charge is 0.211 e. The summed E-state index contributed by atoms with van der Waals surface area (Å²) in [6.07, 6.45) is 0. The van der Waals surface area contributed by atoms with Crippen LogP contribution in [0.3, 0.4) is 0 Å². The van der Waals surface area contributed by atoms with Gasteiger partial charge in [-0.15, -0.1) is 0 Å². The first-order valence-corrected chi connectivity index (χ1v) is 6.22. The Hall–Kier alpha value is -0.130. The van der Waals surface area contributed by atoms with Crippen molar-refractivity contribution in [2.45, 2.75) is 26.8 Å². The SMILES string of the molecule is CCS(=O)(=O)NCCN(C)C(C)C. The molecule has 80 valence electrons. The van der Waals surface area contributed by atoms with E-state index in [1.54, 1.807) is 6.92 Å². The van der Waals surface area contributed by atoms with Crippen molar-refractivity contribution in [3.63, 3.8) is 0 Å². The largest absolute Gasteiger partial charge is 0.303 e. The first-order chi connectivity index (χ1) is 5.89. The van der Waals surface area contributed by atoms with E-state index in [-0.39, 0.29) is 5.75 Å². The number of nitrogens with zero attached hydrogens (tertiary/aromatic N) is 1. The maximum atomic E-state index is 11.0. The third-order valence-corrected chi connectivity index (χ3v) is 3.45. The van der Waals surface area contributed by atoms with Gasteiger partial charge in [-0.3, -0.25) is 0 Å². The van der Waals surface area contributed by atoms with E-state index in [4.69, 9.17) is 0 Å². The van der Waals surface area contributed by atoms with Crippen LogP contribution in [0.15, 0.2) is 0 Å². The van der Waals surface area contributed by atoms with E-state index >= 15 is 0 Å². The zero-order valence-corrected chi connectivity index (χ0v) is 9.69. The minimum Gasteiger partial charge on any atom is -0.303 e. The van der Waals surface area contributed by atoms with E-state index in [9.17, 15) is 8.42 Å². The fraction of sp³-hybridized carbons (Fsp3) is 1.00. The van der Waals surface area contributed by atoms with Crippen LogP contribution in [0, 0.1) is 0 Å². The van der Waals surface area contributed by atoms with Crippen molar-refractivity contribution in [1.29, 1.82) is 0 Å². The van der Waals surface area contributed by atoms with E-state index in [1.807, 2.05) is 7.05 Å². The van der Waals surface area contributed by atoms with Gasteiger partial charge in [0.05, 0.1) is 5.75 Å². The fourth-order valence-corrected chi connectivity index (χ4v) is 1.34. The van der Waals surface area contributed by atoms with Crippen LogP contribution >= 0.6 is 0 Å². The van der Waals surface area contributed by atoms with Gasteiger partial charge in [-0.05, 0) is 27.8 Å². The minimum atomic E-state index is -3.02. The van der Waals surface area contributed by atoms with Gasteiger partial charge in [0.1, 0.15) is 0 Å². The lowest BCUT2D eigenvalue weighted by Gasteiger charge is -2.20. The Kier molecular flexibility index (Phi) is 5.51. The molecule has 0 aromatic carbocycles. The molecule has 0 atom stereocenters. The van der Waals surface area contributed by atoms with Gasteiger partial charge in [-0.1, -0.05) is 0 Å². The number of hydrogen-bond acceptors (Lipinski definition) is 3. The van der Waals surface area contributed by atoms with Gasteiger partial charge >= 0.3 is 0 Å². The Labute approximate surface area is 81.4 Å². The summed E-state index contributed by atoms with van der Waals surface area (Å²) in [6.45, 7) is 7.03. The summed E-state index contributed by atoms with van der Waals surface area (Å²) in [6, 6.07) is 0.450. The van der Waals surface area contributed by atoms with Crippen LogP contribution in [0.25, 0.3) is 0 Å². The minimum absolute atomic E-state index is 0.151. The number of rotatable bonds is 6. The Morgan fingerprint density at radius 1 is 1.38 bits per heavy atom. The van der Waals surface area contributed by atoms with E-state index < -0.39 is 10.0 Å². The Balaban J connectivity index is 3.69. The molecular formula is C8H20N2O2S. The summed E-state index contributed by atoms with van der Waals surface area (Å²) in [5.74, 6) is 0.151. The zero-order chi connectivity index (χ0) is 10.5. The Morgan fingerprint density at radius 3 is 2.31 bits per heavy atom. The summed E-state index contributed by atoms with van der Waals surface area (Å²) in [5, 5.41) is 0. The first-order valence-electron chi connectivity index (χ1n) is 4.56. The third kappa shape index (κ3) is 6.01. The highest BCUT2D eigenvalue weighted by Gasteiger charge is 2.07. The maximum Gasteiger partial charge on any atom is 0.211 e. The maximum absolute atomic E-state index is 11.0. The highest BCUT2D eigenvalue weighted by atomic mass is 32.2. The molecule has 0 aromatic heterocycles. The van der Waals surface area contributed by atoms with Crippen molar-refractivity contribution in [3.8, 4) is 0 Å². The molecule has 13 heavy (non-hydrogen) atoms. The molecule has 0 heterocycles. The van der Waals surface area contributed by atoms with Gasteiger partial charge in [-0.25, -0.2) is 13.1 Å². The lowest BCUT2D eigenvalue weighted by Crippen LogP contribution is -2.36. The summed E-state index contributed by atoms with van der Waals surface area (Å²) in [5.41, 5.74) is 0. The van der Waals surface area contributed by atoms with Crippen molar-refractivity contribution in [2.75, 3.05) is 25.9 Å². The molecule has 0 saturated carbocycles. The van der Waals surface area contributed by atoms with Crippen molar-refractivity contribution < 1.29 is 8.42 Å². The summed E-state index contributed by atoms with van der Waals surface area (Å²) < 4.78 is 24.6. The normalized spacial score (nSPS) is 12.8. The molecule has 0 amide bonds. The van der Waals surface area contributed by atoms with Gasteiger partial charge in [0, 0.05) is 19.1 Å². The lowest BCUT2D eigenvalue weighted by molar-refractivity contribution is 0.278. The Morgan fingerprint density at radius 2 is 1.92 bits per heavy atom. The van der Waals surface area contributed by atoms with E-state index in [0.29, 0.717) is 12.6 Å². The lowest BCUT2D eigenvalue weighted by atomic mass is 10.3. The molecular weight excluding hydrogens is 188 g/mol. The Bertz CT molecular complexity index is 224. The van der Waals surface area contributed by atoms with Crippen molar-refractivity contribution in [1.82, 2.24) is 9.62 Å². The van der Waals surface area contributed by atoms with Gasteiger partial charge in [0.15, 0.2) is 0 Å². The number of sulfonamides is 1. The highest BCUT2D eigenvalue weighted by Crippen LogP contribution is 1.91. The second-order valence-corrected chi connectivity index (χ2v) is 5.47. The van der Waals surface area contributed by atoms with Gasteiger partial charge in [0.2, 0.25) is 10.0 Å². The van der Waals surface area contributed by atoms with Gasteiger partial charge < -0.3 is 4.90 Å². The molecule has 0 aliphatic carbocycles. The van der Waals surface area contributed by atoms with Crippen LogP contribution in [0.5, 0.6) is 0 Å². The van der Waals surface area contributed by atoms with Crippen LogP contribution in [-0.2, 0) is 10.0 Å². The second kappa shape index (κ2) is 5.57. The zero-order valence-electron chi connectivity index (χ0n) is 8.87. The van der Waals surface area contributed by atoms with Gasteiger partial charge in [0.25, 0.3) is 0 Å². The molecule has 5 heteroatoms. The molecule has 0 bridgehead atoms. The van der Waals surface area contributed by atoms with Crippen molar-refractivity contribution >= 4 is 10.0 Å². The number of nitrogens with one attached hydrogen (secondary N) is 1. The predicted molar refractivity (Wildman–Crippen MR) is 55.2 cm³/mol. The molecule has 0 aliphatic heterocycles. The van der Waals surface area contributed by atoms with Crippen molar-refractivity contribution in [2.24, 2.45) is 0 Å². The average molecular weight is 208 g/mol. The van der Waals surface area contributed by atoms with Crippen molar-refractivity contribution in [3.05, 3.63) is 0 Å². The van der Waals surface area contributed by atoms with Crippen LogP contribution in [-0.4, -0.2) is 45.2 Å². The molecule has 0 saturated heterocycles. The second-order valence-electron chi connectivity index (χ2n) is 3.37. The molecule has 0 fully saturated rings. The molecule has 0 radical (unpaired) electrons. The quantitative estimate of drug-likeness (QED) is 0.681. The van der Waals surface area contributed by atoms with Gasteiger partial charge in [-0.2, -0.15) is 0 Å². The van der Waals surface area contributed by atoms with E-state index in [0.717, 1.165) is 6.54 Å². The topological polar surface area (TPSA) is 49.4 Å². The summed E-state index contributed by atoms with van der Waals surface area (Å²) in [7, 11) is -1.04. The molecule has 1 N–H and O–H groups in total. The van der Waals surface area contributed by atoms with Crippen LogP contribution in [0.2, 0.25) is 0 Å². The number of likely N-dealkylation sites (N-methyl/N-ethyl adjacent to an activating group) is 1. The summed E-state index contributed by atoms with van der Waals surface area (Å²) >= 11 is 0. The molecule has 0 rings (SSSR count). The predicted octanol–water partition coefficient (Wildman–Crippen LogP) is 0.266. The average Bonchev–Trinajstić information content (AvgIpc) is 2.04. The van der Waals surface area contributed by atoms with Crippen LogP contribution in [0.4, 0.5) is 0 Å². The van der Waals surface area contributed by atoms with Crippen LogP contribution < -0.4 is 4.72 Å². The monoisotopic (exact) mass is 208 g/mol. The third-order valence-electron chi connectivity index (χ3n) is 2.05. The van der Waals surface area contributed by atoms with E-state index in [1.165, 1.54) is 0 Å². The molecule has 0 spiro atoms. The number of hydrogen-bond donors (Lipinski definition) is 1. The molecule has 0 aliphatic rings. The van der Waals surface area contributed by atoms with E-state index in [2.05, 4.69) is 23.5 Å². The standard InChI is InChI=1S/C8H20N2O2S/c1-5-13(11,12)9-6-7-10(4)8(2)3/h8-9H,5-7H2,1-4H3. The molecule has 0 aromatic rings. The molecule has 4 nitrogen and oxygen atoms in total. The molecule has 0 unspecified atom stereocenters. The fourth-order valence-electron chi connectivity index (χ4n) is 0.738. The van der Waals surface area contributed by atoms with Crippen LogP contribution in [0.1, 0.15) is 20.8 Å². The highest BCUT2D eigenvalue weighted by molar-refractivity contribution is 7.89. The first kappa shape index (κ1) is 12.9.